The number of nitrogens with zero attached hydrogens (tertiary/aromatic N) is 3. The van der Waals surface area contributed by atoms with E-state index in [0.717, 1.165) is 64.6 Å². The summed E-state index contributed by atoms with van der Waals surface area (Å²) in [5.41, 5.74) is 0. The fourth-order valence-corrected chi connectivity index (χ4v) is 8.98. The highest BCUT2D eigenvalue weighted by Gasteiger charge is 2.56. The largest absolute Gasteiger partial charge is 0.466 e. The van der Waals surface area contributed by atoms with Crippen LogP contribution in [0, 0.1) is 0 Å². The first-order valence-corrected chi connectivity index (χ1v) is 27.8. The van der Waals surface area contributed by atoms with Crippen molar-refractivity contribution in [1.29, 1.82) is 0 Å². The summed E-state index contributed by atoms with van der Waals surface area (Å²) in [7, 11) is 6.24. The summed E-state index contributed by atoms with van der Waals surface area (Å²) in [6.45, 7) is 8.67. The van der Waals surface area contributed by atoms with Crippen LogP contribution >= 0.6 is 0 Å². The summed E-state index contributed by atoms with van der Waals surface area (Å²) in [6, 6.07) is 0. The Bertz CT molecular complexity index is 1180. The van der Waals surface area contributed by atoms with Gasteiger partial charge >= 0.3 is 11.9 Å². The van der Waals surface area contributed by atoms with Crippen LogP contribution in [-0.2, 0) is 33.3 Å². The van der Waals surface area contributed by atoms with Gasteiger partial charge in [-0.05, 0) is 98.3 Å². The van der Waals surface area contributed by atoms with Crippen molar-refractivity contribution in [3.05, 3.63) is 24.3 Å². The third-order valence-electron chi connectivity index (χ3n) is 13.3. The topological polar surface area (TPSA) is 97.9 Å². The summed E-state index contributed by atoms with van der Waals surface area (Å²) >= 11 is 0. The molecular formula is C56H103N3O7. The summed E-state index contributed by atoms with van der Waals surface area (Å²) < 4.78 is 24.4. The molecule has 0 aromatic rings. The monoisotopic (exact) mass is 930 g/mol. The number of amides is 1. The zero-order chi connectivity index (χ0) is 47.8. The molecular weight excluding hydrogens is 827 g/mol. The van der Waals surface area contributed by atoms with Crippen molar-refractivity contribution in [3.8, 4) is 0 Å². The molecule has 2 rings (SSSR count). The number of carbonyl (C=O) groups excluding carboxylic acids is 3. The van der Waals surface area contributed by atoms with E-state index in [4.69, 9.17) is 18.9 Å². The molecule has 2 saturated heterocycles. The summed E-state index contributed by atoms with van der Waals surface area (Å²) in [6.07, 6.45) is 46.6. The van der Waals surface area contributed by atoms with Gasteiger partial charge in [-0.3, -0.25) is 14.4 Å². The highest BCUT2D eigenvalue weighted by atomic mass is 16.8. The number of likely N-dealkylation sites (N-methyl/N-ethyl adjacent to an activating group) is 2. The zero-order valence-corrected chi connectivity index (χ0v) is 43.7. The molecule has 2 aliphatic heterocycles. The van der Waals surface area contributed by atoms with Gasteiger partial charge in [-0.1, -0.05) is 154 Å². The lowest BCUT2D eigenvalue weighted by Gasteiger charge is -2.46. The molecule has 66 heavy (non-hydrogen) atoms. The molecule has 0 aromatic heterocycles. The molecule has 1 amide bonds. The van der Waals surface area contributed by atoms with Crippen LogP contribution in [-0.4, -0.2) is 118 Å². The van der Waals surface area contributed by atoms with Crippen LogP contribution in [0.25, 0.3) is 0 Å². The van der Waals surface area contributed by atoms with Crippen LogP contribution in [0.1, 0.15) is 232 Å². The molecule has 2 unspecified atom stereocenters. The Morgan fingerprint density at radius 2 is 0.879 bits per heavy atom. The average molecular weight is 930 g/mol. The number of unbranched alkanes of at least 4 members (excludes halogenated alkanes) is 24. The number of ether oxygens (including phenoxy) is 4. The fraction of sp³-hybridized carbons (Fsp3) is 0.875. The molecule has 0 aliphatic carbocycles. The number of carbonyl (C=O) groups is 3. The maximum Gasteiger partial charge on any atom is 0.305 e. The minimum Gasteiger partial charge on any atom is -0.466 e. The van der Waals surface area contributed by atoms with Crippen molar-refractivity contribution < 1.29 is 33.3 Å². The zero-order valence-electron chi connectivity index (χ0n) is 43.7. The molecule has 384 valence electrons. The van der Waals surface area contributed by atoms with E-state index in [2.05, 4.69) is 69.1 Å². The van der Waals surface area contributed by atoms with Gasteiger partial charge in [-0.2, -0.15) is 0 Å². The second-order valence-corrected chi connectivity index (χ2v) is 20.1. The quantitative estimate of drug-likeness (QED) is 0.0336. The van der Waals surface area contributed by atoms with Gasteiger partial charge in [0.25, 0.3) is 0 Å². The van der Waals surface area contributed by atoms with E-state index >= 15 is 0 Å². The Kier molecular flexibility index (Phi) is 36.8. The normalized spacial score (nSPS) is 17.0. The van der Waals surface area contributed by atoms with E-state index in [0.29, 0.717) is 45.2 Å². The van der Waals surface area contributed by atoms with Gasteiger partial charge in [-0.15, -0.1) is 0 Å². The van der Waals surface area contributed by atoms with Crippen LogP contribution in [0.15, 0.2) is 24.3 Å². The maximum atomic E-state index is 13.1. The summed E-state index contributed by atoms with van der Waals surface area (Å²) in [5, 5.41) is 0. The molecule has 0 radical (unpaired) electrons. The molecule has 2 atom stereocenters. The van der Waals surface area contributed by atoms with Crippen molar-refractivity contribution in [2.45, 2.75) is 250 Å². The molecule has 2 heterocycles. The van der Waals surface area contributed by atoms with Gasteiger partial charge in [0.2, 0.25) is 11.7 Å². The molecule has 0 bridgehead atoms. The average Bonchev–Trinajstić information content (AvgIpc) is 3.66. The minimum atomic E-state index is -0.852. The predicted octanol–water partition coefficient (Wildman–Crippen LogP) is 13.3. The summed E-state index contributed by atoms with van der Waals surface area (Å²) in [5.74, 6) is -1.06. The lowest BCUT2D eigenvalue weighted by atomic mass is 10.1. The number of likely N-dealkylation sites (tertiary alicyclic amines) is 1. The van der Waals surface area contributed by atoms with E-state index in [1.54, 1.807) is 0 Å². The van der Waals surface area contributed by atoms with Crippen molar-refractivity contribution >= 4 is 17.8 Å². The lowest BCUT2D eigenvalue weighted by Crippen LogP contribution is -2.64. The Morgan fingerprint density at radius 1 is 0.500 bits per heavy atom. The fourth-order valence-electron chi connectivity index (χ4n) is 8.98. The minimum absolute atomic E-state index is 0.120. The molecule has 1 spiro atoms. The Labute approximate surface area is 406 Å². The first-order valence-electron chi connectivity index (χ1n) is 27.8. The molecule has 10 heteroatoms. The van der Waals surface area contributed by atoms with Crippen LogP contribution < -0.4 is 0 Å². The Balaban J connectivity index is 1.64. The Hall–Kier alpha value is -2.27. The van der Waals surface area contributed by atoms with Gasteiger partial charge in [0.15, 0.2) is 0 Å². The number of rotatable bonds is 45. The second kappa shape index (κ2) is 40.6. The van der Waals surface area contributed by atoms with Crippen molar-refractivity contribution in [3.63, 3.8) is 0 Å². The van der Waals surface area contributed by atoms with Crippen LogP contribution in [0.2, 0.25) is 0 Å². The highest BCUT2D eigenvalue weighted by molar-refractivity contribution is 5.77. The Morgan fingerprint density at radius 3 is 1.27 bits per heavy atom. The molecule has 0 saturated carbocycles. The van der Waals surface area contributed by atoms with Crippen LogP contribution in [0.3, 0.4) is 0 Å². The van der Waals surface area contributed by atoms with Gasteiger partial charge < -0.3 is 33.6 Å². The van der Waals surface area contributed by atoms with E-state index < -0.39 is 5.79 Å². The molecule has 10 nitrogen and oxygen atoms in total. The smallest absolute Gasteiger partial charge is 0.305 e. The number of hydrogen-bond donors (Lipinski definition) is 0. The highest BCUT2D eigenvalue weighted by Crippen LogP contribution is 2.39. The number of esters is 2. The van der Waals surface area contributed by atoms with Gasteiger partial charge in [0.05, 0.1) is 38.5 Å². The van der Waals surface area contributed by atoms with E-state index in [-0.39, 0.29) is 43.3 Å². The standard InChI is InChI=1S/C56H103N3O7/c1-6-8-10-12-14-16-18-20-22-24-26-28-30-32-34-36-40-54(61)63-47-42-51-52(66-56(65-51)49-59(50-56)53(60)39-38-44-58(5)46-45-57(3)4)43-48-64-55(62)41-37-35-33-31-29-27-25-23-21-19-17-15-13-11-9-7-2/h20-23,51-52H,6-19,24-50H2,1-5H3/b22-20-,23-21-. The third-order valence-corrected chi connectivity index (χ3v) is 13.3. The predicted molar refractivity (Wildman–Crippen MR) is 274 cm³/mol. The van der Waals surface area contributed by atoms with Crippen LogP contribution in [0.5, 0.6) is 0 Å². The maximum absolute atomic E-state index is 13.1. The molecule has 2 aliphatic rings. The van der Waals surface area contributed by atoms with Crippen LogP contribution in [0.4, 0.5) is 0 Å². The van der Waals surface area contributed by atoms with Gasteiger partial charge in [-0.25, -0.2) is 0 Å². The number of allylic oxidation sites excluding steroid dienone is 4. The van der Waals surface area contributed by atoms with E-state index in [1.165, 1.54) is 141 Å². The SMILES string of the molecule is CCCCCCCC/C=C\CCCCCCCCC(=O)OCCC1OC2(CN(C(=O)CCCN(C)CCN(C)C)C2)OC1CCOC(=O)CCCCCCCC/C=C\CCCCCCCC. The van der Waals surface area contributed by atoms with Crippen molar-refractivity contribution in [2.75, 3.05) is 67.1 Å². The van der Waals surface area contributed by atoms with E-state index in [9.17, 15) is 14.4 Å². The van der Waals surface area contributed by atoms with Crippen molar-refractivity contribution in [1.82, 2.24) is 14.7 Å². The second-order valence-electron chi connectivity index (χ2n) is 20.1. The molecule has 0 aromatic carbocycles. The number of hydrogen-bond acceptors (Lipinski definition) is 9. The van der Waals surface area contributed by atoms with Gasteiger partial charge in [0, 0.05) is 45.2 Å². The lowest BCUT2D eigenvalue weighted by molar-refractivity contribution is -0.249. The molecule has 2 fully saturated rings. The first kappa shape index (κ1) is 59.9. The van der Waals surface area contributed by atoms with Gasteiger partial charge in [0.1, 0.15) is 0 Å². The molecule has 0 N–H and O–H groups in total. The third kappa shape index (κ3) is 31.7. The van der Waals surface area contributed by atoms with Crippen molar-refractivity contribution in [2.24, 2.45) is 0 Å². The summed E-state index contributed by atoms with van der Waals surface area (Å²) in [4.78, 5) is 44.6. The first-order chi connectivity index (χ1) is 32.2. The van der Waals surface area contributed by atoms with E-state index in [1.807, 2.05) is 4.90 Å².